The van der Waals surface area contributed by atoms with Gasteiger partial charge in [0, 0.05) is 27.6 Å². The van der Waals surface area contributed by atoms with Crippen molar-refractivity contribution in [1.82, 2.24) is 9.97 Å². The molecule has 0 saturated heterocycles. The second kappa shape index (κ2) is 10.6. The van der Waals surface area contributed by atoms with Crippen molar-refractivity contribution in [3.63, 3.8) is 0 Å². The SMILES string of the molecule is CCCc1cc(=O)[nH]c(SCC(=O)Nc2scc(-c3cccs3)c2C(=O)OCC)n1. The summed E-state index contributed by atoms with van der Waals surface area (Å²) in [4.78, 5) is 44.7. The van der Waals surface area contributed by atoms with E-state index in [0.29, 0.717) is 27.8 Å². The molecule has 1 amide bonds. The van der Waals surface area contributed by atoms with Gasteiger partial charge < -0.3 is 15.0 Å². The van der Waals surface area contributed by atoms with Crippen molar-refractivity contribution >= 4 is 51.3 Å². The van der Waals surface area contributed by atoms with Crippen LogP contribution in [0.1, 0.15) is 36.3 Å². The van der Waals surface area contributed by atoms with Crippen LogP contribution >= 0.6 is 34.4 Å². The number of nitrogens with one attached hydrogen (secondary N) is 2. The second-order valence-electron chi connectivity index (χ2n) is 6.18. The van der Waals surface area contributed by atoms with Gasteiger partial charge in [0.1, 0.15) is 10.6 Å². The van der Waals surface area contributed by atoms with Gasteiger partial charge in [0.2, 0.25) is 5.91 Å². The summed E-state index contributed by atoms with van der Waals surface area (Å²) in [6, 6.07) is 5.29. The summed E-state index contributed by atoms with van der Waals surface area (Å²) in [7, 11) is 0. The molecule has 7 nitrogen and oxygen atoms in total. The Balaban J connectivity index is 1.74. The topological polar surface area (TPSA) is 101 Å². The van der Waals surface area contributed by atoms with Crippen LogP contribution in [0, 0.1) is 0 Å². The smallest absolute Gasteiger partial charge is 0.341 e. The van der Waals surface area contributed by atoms with Gasteiger partial charge in [-0.25, -0.2) is 9.78 Å². The predicted octanol–water partition coefficient (Wildman–Crippen LogP) is 4.42. The molecule has 0 aliphatic rings. The standard InChI is InChI=1S/C20H21N3O4S3/c1-3-6-12-9-15(24)23-20(21-12)30-11-16(25)22-18-17(19(26)27-4-2)13(10-29-18)14-7-5-8-28-14/h5,7-10H,3-4,6,11H2,1-2H3,(H,22,25)(H,21,23,24). The molecule has 0 radical (unpaired) electrons. The zero-order valence-electron chi connectivity index (χ0n) is 16.5. The van der Waals surface area contributed by atoms with Crippen LogP contribution in [0.25, 0.3) is 10.4 Å². The van der Waals surface area contributed by atoms with Crippen LogP contribution < -0.4 is 10.9 Å². The Morgan fingerprint density at radius 3 is 2.83 bits per heavy atom. The van der Waals surface area contributed by atoms with E-state index in [1.165, 1.54) is 28.7 Å². The Labute approximate surface area is 185 Å². The molecule has 158 valence electrons. The molecule has 0 spiro atoms. The fraction of sp³-hybridized carbons (Fsp3) is 0.300. The van der Waals surface area contributed by atoms with Crippen molar-refractivity contribution in [3.8, 4) is 10.4 Å². The lowest BCUT2D eigenvalue weighted by Crippen LogP contribution is -2.17. The second-order valence-corrected chi connectivity index (χ2v) is 8.97. The molecule has 0 unspecified atom stereocenters. The van der Waals surface area contributed by atoms with Gasteiger partial charge in [-0.05, 0) is 24.8 Å². The van der Waals surface area contributed by atoms with E-state index in [-0.39, 0.29) is 23.8 Å². The van der Waals surface area contributed by atoms with Gasteiger partial charge in [-0.1, -0.05) is 31.2 Å². The number of thioether (sulfide) groups is 1. The molecule has 0 saturated carbocycles. The summed E-state index contributed by atoms with van der Waals surface area (Å²) < 4.78 is 5.19. The number of nitrogens with zero attached hydrogens (tertiary/aromatic N) is 1. The largest absolute Gasteiger partial charge is 0.462 e. The Kier molecular flexibility index (Phi) is 7.83. The number of carbonyl (C=O) groups is 2. The van der Waals surface area contributed by atoms with E-state index in [0.717, 1.165) is 28.6 Å². The fourth-order valence-corrected chi connectivity index (χ4v) is 5.18. The highest BCUT2D eigenvalue weighted by atomic mass is 32.2. The van der Waals surface area contributed by atoms with Gasteiger partial charge in [-0.15, -0.1) is 22.7 Å². The number of esters is 1. The molecular formula is C20H21N3O4S3. The van der Waals surface area contributed by atoms with Gasteiger partial charge in [0.05, 0.1) is 12.4 Å². The molecule has 30 heavy (non-hydrogen) atoms. The minimum absolute atomic E-state index is 0.0486. The number of hydrogen-bond acceptors (Lipinski definition) is 8. The van der Waals surface area contributed by atoms with Crippen molar-refractivity contribution in [2.24, 2.45) is 0 Å². The third-order valence-electron chi connectivity index (χ3n) is 3.93. The molecule has 0 aliphatic heterocycles. The molecule has 0 atom stereocenters. The lowest BCUT2D eigenvalue weighted by molar-refractivity contribution is -0.113. The normalized spacial score (nSPS) is 10.7. The molecular weight excluding hydrogens is 442 g/mol. The maximum absolute atomic E-state index is 12.5. The number of aryl methyl sites for hydroxylation is 1. The van der Waals surface area contributed by atoms with Crippen LogP contribution in [0.2, 0.25) is 0 Å². The number of thiophene rings is 2. The lowest BCUT2D eigenvalue weighted by Gasteiger charge is -2.08. The third kappa shape index (κ3) is 5.59. The van der Waals surface area contributed by atoms with Crippen molar-refractivity contribution in [2.45, 2.75) is 31.8 Å². The maximum atomic E-state index is 12.5. The highest BCUT2D eigenvalue weighted by molar-refractivity contribution is 7.99. The van der Waals surface area contributed by atoms with Crippen LogP contribution in [-0.4, -0.2) is 34.2 Å². The number of aromatic nitrogens is 2. The highest BCUT2D eigenvalue weighted by Gasteiger charge is 2.23. The van der Waals surface area contributed by atoms with Crippen LogP contribution in [-0.2, 0) is 16.0 Å². The third-order valence-corrected chi connectivity index (χ3v) is 6.60. The first-order chi connectivity index (χ1) is 14.5. The van der Waals surface area contributed by atoms with Gasteiger partial charge in [-0.3, -0.25) is 9.59 Å². The Hall–Kier alpha value is -2.43. The molecule has 2 N–H and O–H groups in total. The molecule has 0 aromatic carbocycles. The molecule has 0 bridgehead atoms. The Morgan fingerprint density at radius 2 is 2.13 bits per heavy atom. The first-order valence-electron chi connectivity index (χ1n) is 9.37. The Bertz CT molecular complexity index is 1070. The zero-order valence-corrected chi connectivity index (χ0v) is 19.0. The van der Waals surface area contributed by atoms with Crippen LogP contribution in [0.5, 0.6) is 0 Å². The van der Waals surface area contributed by atoms with Gasteiger partial charge in [0.25, 0.3) is 5.56 Å². The summed E-state index contributed by atoms with van der Waals surface area (Å²) in [5.41, 5.74) is 1.57. The number of carbonyl (C=O) groups excluding carboxylic acids is 2. The van der Waals surface area contributed by atoms with Crippen molar-refractivity contribution in [2.75, 3.05) is 17.7 Å². The quantitative estimate of drug-likeness (QED) is 0.277. The van der Waals surface area contributed by atoms with E-state index in [1.54, 1.807) is 6.92 Å². The van der Waals surface area contributed by atoms with E-state index in [9.17, 15) is 14.4 Å². The average molecular weight is 464 g/mol. The lowest BCUT2D eigenvalue weighted by atomic mass is 10.1. The van der Waals surface area contributed by atoms with Gasteiger partial charge in [-0.2, -0.15) is 0 Å². The van der Waals surface area contributed by atoms with Crippen molar-refractivity contribution in [3.05, 3.63) is 50.6 Å². The minimum Gasteiger partial charge on any atom is -0.462 e. The number of hydrogen-bond donors (Lipinski definition) is 2. The fourth-order valence-electron chi connectivity index (χ4n) is 2.70. The van der Waals surface area contributed by atoms with Gasteiger partial charge in [0.15, 0.2) is 5.16 Å². The van der Waals surface area contributed by atoms with E-state index < -0.39 is 5.97 Å². The van der Waals surface area contributed by atoms with E-state index in [2.05, 4.69) is 15.3 Å². The number of anilines is 1. The van der Waals surface area contributed by atoms with Crippen LogP contribution in [0.15, 0.2) is 38.9 Å². The number of rotatable bonds is 9. The first kappa shape index (κ1) is 22.3. The summed E-state index contributed by atoms with van der Waals surface area (Å²) in [5, 5.41) is 7.42. The molecule has 0 aliphatic carbocycles. The zero-order chi connectivity index (χ0) is 21.5. The van der Waals surface area contributed by atoms with Crippen molar-refractivity contribution < 1.29 is 14.3 Å². The summed E-state index contributed by atoms with van der Waals surface area (Å²) in [6.07, 6.45) is 1.58. The number of H-pyrrole nitrogens is 1. The monoisotopic (exact) mass is 463 g/mol. The molecule has 10 heteroatoms. The van der Waals surface area contributed by atoms with E-state index in [4.69, 9.17) is 4.74 Å². The van der Waals surface area contributed by atoms with Gasteiger partial charge >= 0.3 is 5.97 Å². The Morgan fingerprint density at radius 1 is 1.30 bits per heavy atom. The summed E-state index contributed by atoms with van der Waals surface area (Å²) >= 11 is 3.94. The number of ether oxygens (including phenoxy) is 1. The molecule has 0 fully saturated rings. The maximum Gasteiger partial charge on any atom is 0.341 e. The predicted molar refractivity (Wildman–Crippen MR) is 122 cm³/mol. The van der Waals surface area contributed by atoms with Crippen molar-refractivity contribution in [1.29, 1.82) is 0 Å². The number of amides is 1. The molecule has 3 heterocycles. The molecule has 3 rings (SSSR count). The molecule has 3 aromatic rings. The summed E-state index contributed by atoms with van der Waals surface area (Å²) in [5.74, 6) is -0.718. The minimum atomic E-state index is -0.469. The highest BCUT2D eigenvalue weighted by Crippen LogP contribution is 2.38. The summed E-state index contributed by atoms with van der Waals surface area (Å²) in [6.45, 7) is 4.00. The average Bonchev–Trinajstić information content (AvgIpc) is 3.36. The molecule has 3 aromatic heterocycles. The first-order valence-corrected chi connectivity index (χ1v) is 12.1. The van der Waals surface area contributed by atoms with Crippen LogP contribution in [0.4, 0.5) is 5.00 Å². The van der Waals surface area contributed by atoms with Crippen LogP contribution in [0.3, 0.4) is 0 Å². The number of aromatic amines is 1. The van der Waals surface area contributed by atoms with E-state index >= 15 is 0 Å². The van der Waals surface area contributed by atoms with E-state index in [1.807, 2.05) is 29.8 Å².